The number of anilines is 1. The van der Waals surface area contributed by atoms with Gasteiger partial charge in [0.1, 0.15) is 5.82 Å². The van der Waals surface area contributed by atoms with Crippen molar-refractivity contribution < 1.29 is 4.39 Å². The zero-order valence-corrected chi connectivity index (χ0v) is 12.4. The van der Waals surface area contributed by atoms with Crippen molar-refractivity contribution >= 4 is 28.6 Å². The highest BCUT2D eigenvalue weighted by Gasteiger charge is 2.12. The summed E-state index contributed by atoms with van der Waals surface area (Å²) in [7, 11) is 0. The number of aryl methyl sites for hydroxylation is 3. The van der Waals surface area contributed by atoms with Crippen LogP contribution < -0.4 is 5.73 Å². The molecule has 0 saturated carbocycles. The summed E-state index contributed by atoms with van der Waals surface area (Å²) >= 11 is 5.85. The first-order valence-electron chi connectivity index (χ1n) is 6.71. The number of halogens is 2. The Labute approximate surface area is 127 Å². The van der Waals surface area contributed by atoms with Crippen molar-refractivity contribution in [2.75, 3.05) is 5.73 Å². The van der Waals surface area contributed by atoms with Gasteiger partial charge in [0, 0.05) is 12.6 Å². The van der Waals surface area contributed by atoms with E-state index in [0.717, 1.165) is 11.9 Å². The van der Waals surface area contributed by atoms with Crippen molar-refractivity contribution in [3.8, 4) is 0 Å². The Kier molecular flexibility index (Phi) is 3.55. The molecule has 2 aromatic carbocycles. The number of aromatic nitrogens is 2. The molecular weight excluding hydrogens is 289 g/mol. The van der Waals surface area contributed by atoms with E-state index in [9.17, 15) is 4.39 Å². The zero-order valence-electron chi connectivity index (χ0n) is 11.6. The van der Waals surface area contributed by atoms with Gasteiger partial charge in [0.25, 0.3) is 0 Å². The predicted octanol–water partition coefficient (Wildman–Crippen LogP) is 3.96. The SMILES string of the molecule is Cc1ccccc1CCn1c(N)nc2cc(F)c(Cl)cc21. The van der Waals surface area contributed by atoms with Gasteiger partial charge in [0.15, 0.2) is 0 Å². The Hall–Kier alpha value is -2.07. The van der Waals surface area contributed by atoms with Gasteiger partial charge in [-0.05, 0) is 30.5 Å². The molecule has 0 aliphatic rings. The molecule has 0 aliphatic heterocycles. The molecule has 0 atom stereocenters. The van der Waals surface area contributed by atoms with Crippen molar-refractivity contribution in [3.63, 3.8) is 0 Å². The monoisotopic (exact) mass is 303 g/mol. The van der Waals surface area contributed by atoms with Crippen LogP contribution in [0.15, 0.2) is 36.4 Å². The molecule has 0 aliphatic carbocycles. The average Bonchev–Trinajstić information content (AvgIpc) is 2.74. The van der Waals surface area contributed by atoms with Crippen LogP contribution in [0.3, 0.4) is 0 Å². The highest BCUT2D eigenvalue weighted by Crippen LogP contribution is 2.25. The molecule has 2 N–H and O–H groups in total. The number of nitrogens with zero attached hydrogens (tertiary/aromatic N) is 2. The van der Waals surface area contributed by atoms with Crippen molar-refractivity contribution in [2.45, 2.75) is 19.9 Å². The Bertz CT molecular complexity index is 811. The van der Waals surface area contributed by atoms with Gasteiger partial charge in [-0.15, -0.1) is 0 Å². The fourth-order valence-corrected chi connectivity index (χ4v) is 2.65. The molecule has 0 unspecified atom stereocenters. The summed E-state index contributed by atoms with van der Waals surface area (Å²) in [4.78, 5) is 4.19. The molecule has 21 heavy (non-hydrogen) atoms. The molecule has 0 bridgehead atoms. The van der Waals surface area contributed by atoms with E-state index in [2.05, 4.69) is 24.0 Å². The minimum atomic E-state index is -0.479. The number of nitrogen functional groups attached to an aromatic ring is 1. The molecule has 0 saturated heterocycles. The lowest BCUT2D eigenvalue weighted by molar-refractivity contribution is 0.629. The summed E-state index contributed by atoms with van der Waals surface area (Å²) in [5.41, 5.74) is 9.72. The third-order valence-corrected chi connectivity index (χ3v) is 3.98. The molecule has 0 fully saturated rings. The van der Waals surface area contributed by atoms with E-state index in [1.165, 1.54) is 17.2 Å². The first kappa shape index (κ1) is 13.9. The molecule has 108 valence electrons. The van der Waals surface area contributed by atoms with Crippen molar-refractivity contribution in [2.24, 2.45) is 0 Å². The van der Waals surface area contributed by atoms with E-state index in [1.807, 2.05) is 16.7 Å². The molecule has 0 amide bonds. The van der Waals surface area contributed by atoms with Gasteiger partial charge < -0.3 is 10.3 Å². The number of rotatable bonds is 3. The van der Waals surface area contributed by atoms with Crippen LogP contribution >= 0.6 is 11.6 Å². The van der Waals surface area contributed by atoms with Crippen LogP contribution in [0.25, 0.3) is 11.0 Å². The maximum absolute atomic E-state index is 13.5. The zero-order chi connectivity index (χ0) is 15.0. The minimum absolute atomic E-state index is 0.0829. The van der Waals surface area contributed by atoms with Crippen LogP contribution in [0.4, 0.5) is 10.3 Å². The number of hydrogen-bond acceptors (Lipinski definition) is 2. The van der Waals surface area contributed by atoms with Crippen molar-refractivity contribution in [1.29, 1.82) is 0 Å². The standard InChI is InChI=1S/C16H15ClFN3/c1-10-4-2-3-5-11(10)6-7-21-15-8-12(17)13(18)9-14(15)20-16(21)19/h2-5,8-9H,6-7H2,1H3,(H2,19,20). The van der Waals surface area contributed by atoms with E-state index in [1.54, 1.807) is 6.07 Å². The van der Waals surface area contributed by atoms with Crippen LogP contribution in [0.2, 0.25) is 5.02 Å². The molecule has 1 heterocycles. The van der Waals surface area contributed by atoms with Crippen LogP contribution in [-0.2, 0) is 13.0 Å². The number of hydrogen-bond donors (Lipinski definition) is 1. The fourth-order valence-electron chi connectivity index (χ4n) is 2.50. The normalized spacial score (nSPS) is 11.2. The molecule has 3 aromatic rings. The van der Waals surface area contributed by atoms with Gasteiger partial charge in [-0.3, -0.25) is 0 Å². The Morgan fingerprint density at radius 3 is 2.81 bits per heavy atom. The number of benzene rings is 2. The predicted molar refractivity (Wildman–Crippen MR) is 84.0 cm³/mol. The van der Waals surface area contributed by atoms with Crippen LogP contribution in [0, 0.1) is 12.7 Å². The maximum Gasteiger partial charge on any atom is 0.201 e. The Balaban J connectivity index is 1.95. The molecule has 3 rings (SSSR count). The van der Waals surface area contributed by atoms with E-state index in [-0.39, 0.29) is 5.02 Å². The molecule has 0 radical (unpaired) electrons. The quantitative estimate of drug-likeness (QED) is 0.796. The maximum atomic E-state index is 13.5. The third kappa shape index (κ3) is 2.59. The van der Waals surface area contributed by atoms with Crippen molar-refractivity contribution in [3.05, 3.63) is 58.4 Å². The van der Waals surface area contributed by atoms with E-state index in [0.29, 0.717) is 18.0 Å². The minimum Gasteiger partial charge on any atom is -0.369 e. The second kappa shape index (κ2) is 5.37. The van der Waals surface area contributed by atoms with Gasteiger partial charge in [-0.1, -0.05) is 35.9 Å². The average molecular weight is 304 g/mol. The number of nitrogens with two attached hydrogens (primary N) is 1. The van der Waals surface area contributed by atoms with E-state index in [4.69, 9.17) is 17.3 Å². The van der Waals surface area contributed by atoms with Gasteiger partial charge in [0.05, 0.1) is 16.1 Å². The summed E-state index contributed by atoms with van der Waals surface area (Å²) in [6.45, 7) is 2.76. The highest BCUT2D eigenvalue weighted by molar-refractivity contribution is 6.31. The summed E-state index contributed by atoms with van der Waals surface area (Å²) in [5.74, 6) is -0.104. The topological polar surface area (TPSA) is 43.8 Å². The fraction of sp³-hybridized carbons (Fsp3) is 0.188. The third-order valence-electron chi connectivity index (χ3n) is 3.69. The van der Waals surface area contributed by atoms with Crippen LogP contribution in [0.5, 0.6) is 0 Å². The van der Waals surface area contributed by atoms with Crippen LogP contribution in [-0.4, -0.2) is 9.55 Å². The second-order valence-corrected chi connectivity index (χ2v) is 5.46. The Morgan fingerprint density at radius 1 is 1.29 bits per heavy atom. The lowest BCUT2D eigenvalue weighted by Gasteiger charge is -2.09. The lowest BCUT2D eigenvalue weighted by atomic mass is 10.1. The van der Waals surface area contributed by atoms with Gasteiger partial charge >= 0.3 is 0 Å². The second-order valence-electron chi connectivity index (χ2n) is 5.05. The smallest absolute Gasteiger partial charge is 0.201 e. The van der Waals surface area contributed by atoms with E-state index >= 15 is 0 Å². The summed E-state index contributed by atoms with van der Waals surface area (Å²) in [5, 5.41) is 0.0829. The summed E-state index contributed by atoms with van der Waals surface area (Å²) < 4.78 is 15.3. The van der Waals surface area contributed by atoms with Crippen LogP contribution in [0.1, 0.15) is 11.1 Å². The number of fused-ring (bicyclic) bond motifs is 1. The van der Waals surface area contributed by atoms with Gasteiger partial charge in [-0.2, -0.15) is 0 Å². The lowest BCUT2D eigenvalue weighted by Crippen LogP contribution is -2.06. The summed E-state index contributed by atoms with van der Waals surface area (Å²) in [6, 6.07) is 11.1. The van der Waals surface area contributed by atoms with E-state index < -0.39 is 5.82 Å². The first-order chi connectivity index (χ1) is 10.1. The molecule has 1 aromatic heterocycles. The summed E-state index contributed by atoms with van der Waals surface area (Å²) in [6.07, 6.45) is 0.831. The molecule has 3 nitrogen and oxygen atoms in total. The number of imidazole rings is 1. The van der Waals surface area contributed by atoms with Gasteiger partial charge in [-0.25, -0.2) is 9.37 Å². The largest absolute Gasteiger partial charge is 0.369 e. The molecule has 0 spiro atoms. The van der Waals surface area contributed by atoms with Crippen molar-refractivity contribution in [1.82, 2.24) is 9.55 Å². The molecular formula is C16H15ClFN3. The highest BCUT2D eigenvalue weighted by atomic mass is 35.5. The van der Waals surface area contributed by atoms with Gasteiger partial charge in [0.2, 0.25) is 5.95 Å². The molecule has 5 heteroatoms. The Morgan fingerprint density at radius 2 is 2.05 bits per heavy atom. The first-order valence-corrected chi connectivity index (χ1v) is 7.09.